The number of nitrogens with two attached hydrogens (primary N) is 1. The second kappa shape index (κ2) is 6.12. The van der Waals surface area contributed by atoms with E-state index in [0.717, 1.165) is 6.54 Å². The van der Waals surface area contributed by atoms with E-state index >= 15 is 0 Å². The standard InChI is InChI=1S/C10H18N4O2/c1-4-14(6-5-11)10-12-8(15-2)7-9(13-10)16-3/h7H,4-6,11H2,1-3H3. The summed E-state index contributed by atoms with van der Waals surface area (Å²) in [4.78, 5) is 10.5. The Balaban J connectivity index is 3.00. The number of likely N-dealkylation sites (N-methyl/N-ethyl adjacent to an activating group) is 1. The van der Waals surface area contributed by atoms with Gasteiger partial charge in [0.2, 0.25) is 17.7 Å². The summed E-state index contributed by atoms with van der Waals surface area (Å²) in [6, 6.07) is 1.64. The lowest BCUT2D eigenvalue weighted by molar-refractivity contribution is 0.371. The van der Waals surface area contributed by atoms with E-state index in [4.69, 9.17) is 15.2 Å². The van der Waals surface area contributed by atoms with Crippen molar-refractivity contribution in [2.45, 2.75) is 6.92 Å². The van der Waals surface area contributed by atoms with Gasteiger partial charge in [0.25, 0.3) is 0 Å². The second-order valence-corrected chi connectivity index (χ2v) is 3.12. The second-order valence-electron chi connectivity index (χ2n) is 3.12. The Bertz CT molecular complexity index is 310. The highest BCUT2D eigenvalue weighted by molar-refractivity contribution is 5.36. The summed E-state index contributed by atoms with van der Waals surface area (Å²) in [5.74, 6) is 1.54. The van der Waals surface area contributed by atoms with Crippen molar-refractivity contribution in [1.82, 2.24) is 9.97 Å². The molecular weight excluding hydrogens is 208 g/mol. The van der Waals surface area contributed by atoms with Gasteiger partial charge >= 0.3 is 0 Å². The fourth-order valence-corrected chi connectivity index (χ4v) is 1.30. The number of hydrogen-bond donors (Lipinski definition) is 1. The Kier molecular flexibility index (Phi) is 4.78. The van der Waals surface area contributed by atoms with E-state index < -0.39 is 0 Å². The van der Waals surface area contributed by atoms with Crippen molar-refractivity contribution in [3.8, 4) is 11.8 Å². The average Bonchev–Trinajstić information content (AvgIpc) is 2.35. The molecular formula is C10H18N4O2. The van der Waals surface area contributed by atoms with E-state index in [-0.39, 0.29) is 0 Å². The van der Waals surface area contributed by atoms with Gasteiger partial charge in [0.1, 0.15) is 0 Å². The Morgan fingerprint density at radius 1 is 1.25 bits per heavy atom. The smallest absolute Gasteiger partial charge is 0.232 e. The van der Waals surface area contributed by atoms with E-state index in [1.807, 2.05) is 11.8 Å². The molecule has 0 fully saturated rings. The molecule has 1 rings (SSSR count). The van der Waals surface area contributed by atoms with Crippen molar-refractivity contribution in [2.75, 3.05) is 38.8 Å². The third kappa shape index (κ3) is 2.96. The highest BCUT2D eigenvalue weighted by Gasteiger charge is 2.10. The minimum Gasteiger partial charge on any atom is -0.481 e. The maximum absolute atomic E-state index is 5.52. The quantitative estimate of drug-likeness (QED) is 0.751. The van der Waals surface area contributed by atoms with Gasteiger partial charge in [0.15, 0.2) is 0 Å². The molecule has 1 heterocycles. The van der Waals surface area contributed by atoms with E-state index in [1.54, 1.807) is 20.3 Å². The molecule has 0 unspecified atom stereocenters. The van der Waals surface area contributed by atoms with Crippen LogP contribution in [0.15, 0.2) is 6.07 Å². The molecule has 0 bridgehead atoms. The van der Waals surface area contributed by atoms with Crippen molar-refractivity contribution in [2.24, 2.45) is 5.73 Å². The first-order valence-corrected chi connectivity index (χ1v) is 5.17. The van der Waals surface area contributed by atoms with Crippen molar-refractivity contribution in [3.63, 3.8) is 0 Å². The van der Waals surface area contributed by atoms with Gasteiger partial charge in [-0.2, -0.15) is 9.97 Å². The molecule has 0 aliphatic rings. The molecule has 0 radical (unpaired) electrons. The van der Waals surface area contributed by atoms with Crippen LogP contribution in [0.5, 0.6) is 11.8 Å². The fourth-order valence-electron chi connectivity index (χ4n) is 1.30. The lowest BCUT2D eigenvalue weighted by Gasteiger charge is -2.20. The zero-order valence-electron chi connectivity index (χ0n) is 9.93. The largest absolute Gasteiger partial charge is 0.481 e. The van der Waals surface area contributed by atoms with Crippen molar-refractivity contribution >= 4 is 5.95 Å². The van der Waals surface area contributed by atoms with Gasteiger partial charge in [0, 0.05) is 19.6 Å². The Morgan fingerprint density at radius 3 is 2.19 bits per heavy atom. The number of nitrogens with zero attached hydrogens (tertiary/aromatic N) is 3. The summed E-state index contributed by atoms with van der Waals surface area (Å²) in [6.07, 6.45) is 0. The molecule has 16 heavy (non-hydrogen) atoms. The third-order valence-corrected chi connectivity index (χ3v) is 2.15. The fraction of sp³-hybridized carbons (Fsp3) is 0.600. The Hall–Kier alpha value is -1.56. The molecule has 6 nitrogen and oxygen atoms in total. The predicted molar refractivity (Wildman–Crippen MR) is 62.1 cm³/mol. The summed E-state index contributed by atoms with van der Waals surface area (Å²) in [6.45, 7) is 4.06. The first-order chi connectivity index (χ1) is 7.74. The van der Waals surface area contributed by atoms with E-state index in [0.29, 0.717) is 30.8 Å². The molecule has 0 aromatic carbocycles. The molecule has 0 amide bonds. The molecule has 1 aromatic heterocycles. The van der Waals surface area contributed by atoms with Gasteiger partial charge < -0.3 is 20.1 Å². The molecule has 0 saturated heterocycles. The monoisotopic (exact) mass is 226 g/mol. The summed E-state index contributed by atoms with van der Waals surface area (Å²) >= 11 is 0. The molecule has 0 aliphatic heterocycles. The van der Waals surface area contributed by atoms with Gasteiger partial charge in [0.05, 0.1) is 20.3 Å². The highest BCUT2D eigenvalue weighted by Crippen LogP contribution is 2.19. The van der Waals surface area contributed by atoms with Crippen molar-refractivity contribution in [1.29, 1.82) is 0 Å². The molecule has 0 saturated carbocycles. The molecule has 1 aromatic rings. The zero-order chi connectivity index (χ0) is 12.0. The minimum absolute atomic E-state index is 0.484. The number of hydrogen-bond acceptors (Lipinski definition) is 6. The first kappa shape index (κ1) is 12.5. The minimum atomic E-state index is 0.484. The zero-order valence-corrected chi connectivity index (χ0v) is 9.93. The van der Waals surface area contributed by atoms with Crippen LogP contribution < -0.4 is 20.1 Å². The van der Waals surface area contributed by atoms with Crippen LogP contribution >= 0.6 is 0 Å². The first-order valence-electron chi connectivity index (χ1n) is 5.17. The number of anilines is 1. The van der Waals surface area contributed by atoms with Crippen LogP contribution in [0, 0.1) is 0 Å². The summed E-state index contributed by atoms with van der Waals surface area (Å²) < 4.78 is 10.2. The lowest BCUT2D eigenvalue weighted by Crippen LogP contribution is -2.30. The molecule has 0 spiro atoms. The predicted octanol–water partition coefficient (Wildman–Crippen LogP) is 0.279. The number of methoxy groups -OCH3 is 2. The van der Waals surface area contributed by atoms with Gasteiger partial charge in [-0.25, -0.2) is 0 Å². The van der Waals surface area contributed by atoms with Gasteiger partial charge in [-0.05, 0) is 6.92 Å². The van der Waals surface area contributed by atoms with E-state index in [1.165, 1.54) is 0 Å². The number of aromatic nitrogens is 2. The Labute approximate surface area is 95.4 Å². The normalized spacial score (nSPS) is 10.0. The maximum Gasteiger partial charge on any atom is 0.232 e. The van der Waals surface area contributed by atoms with Crippen LogP contribution in [0.4, 0.5) is 5.95 Å². The lowest BCUT2D eigenvalue weighted by atomic mass is 10.5. The summed E-state index contributed by atoms with van der Waals surface area (Å²) in [7, 11) is 3.12. The summed E-state index contributed by atoms with van der Waals surface area (Å²) in [5, 5.41) is 0. The van der Waals surface area contributed by atoms with Crippen LogP contribution in [-0.2, 0) is 0 Å². The van der Waals surface area contributed by atoms with Crippen LogP contribution in [0.1, 0.15) is 6.92 Å². The molecule has 0 aliphatic carbocycles. The van der Waals surface area contributed by atoms with Crippen LogP contribution in [0.3, 0.4) is 0 Å². The van der Waals surface area contributed by atoms with Gasteiger partial charge in [-0.1, -0.05) is 0 Å². The number of rotatable bonds is 6. The SMILES string of the molecule is CCN(CCN)c1nc(OC)cc(OC)n1. The van der Waals surface area contributed by atoms with Crippen LogP contribution in [0.25, 0.3) is 0 Å². The van der Waals surface area contributed by atoms with E-state index in [9.17, 15) is 0 Å². The van der Waals surface area contributed by atoms with Crippen LogP contribution in [-0.4, -0.2) is 43.8 Å². The molecule has 0 atom stereocenters. The third-order valence-electron chi connectivity index (χ3n) is 2.15. The van der Waals surface area contributed by atoms with Crippen molar-refractivity contribution in [3.05, 3.63) is 6.07 Å². The van der Waals surface area contributed by atoms with Gasteiger partial charge in [-0.15, -0.1) is 0 Å². The topological polar surface area (TPSA) is 73.5 Å². The average molecular weight is 226 g/mol. The Morgan fingerprint density at radius 2 is 1.81 bits per heavy atom. The maximum atomic E-state index is 5.52. The molecule has 2 N–H and O–H groups in total. The highest BCUT2D eigenvalue weighted by atomic mass is 16.5. The molecule has 6 heteroatoms. The number of ether oxygens (including phenoxy) is 2. The summed E-state index contributed by atoms with van der Waals surface area (Å²) in [5.41, 5.74) is 5.52. The van der Waals surface area contributed by atoms with Crippen LogP contribution in [0.2, 0.25) is 0 Å². The van der Waals surface area contributed by atoms with Crippen molar-refractivity contribution < 1.29 is 9.47 Å². The molecule has 90 valence electrons. The van der Waals surface area contributed by atoms with Gasteiger partial charge in [-0.3, -0.25) is 0 Å². The van der Waals surface area contributed by atoms with E-state index in [2.05, 4.69) is 9.97 Å².